The van der Waals surface area contributed by atoms with E-state index in [9.17, 15) is 26.4 Å². The van der Waals surface area contributed by atoms with E-state index in [4.69, 9.17) is 0 Å². The number of rotatable bonds is 5. The quantitative estimate of drug-likeness (QED) is 0.797. The van der Waals surface area contributed by atoms with Gasteiger partial charge < -0.3 is 5.32 Å². The molecular formula is C20H21F3N2O3S. The van der Waals surface area contributed by atoms with Crippen LogP contribution in [0.2, 0.25) is 0 Å². The van der Waals surface area contributed by atoms with Crippen LogP contribution >= 0.6 is 0 Å². The van der Waals surface area contributed by atoms with Crippen LogP contribution in [-0.4, -0.2) is 31.7 Å². The molecule has 1 atom stereocenters. The van der Waals surface area contributed by atoms with E-state index in [1.54, 1.807) is 18.2 Å². The lowest BCUT2D eigenvalue weighted by Gasteiger charge is -2.31. The van der Waals surface area contributed by atoms with Gasteiger partial charge >= 0.3 is 6.18 Å². The van der Waals surface area contributed by atoms with Gasteiger partial charge in [-0.1, -0.05) is 30.3 Å². The van der Waals surface area contributed by atoms with Crippen LogP contribution in [0.15, 0.2) is 59.5 Å². The van der Waals surface area contributed by atoms with Crippen LogP contribution < -0.4 is 5.32 Å². The van der Waals surface area contributed by atoms with Gasteiger partial charge in [-0.3, -0.25) is 4.79 Å². The van der Waals surface area contributed by atoms with Gasteiger partial charge in [0.2, 0.25) is 15.9 Å². The Labute approximate surface area is 167 Å². The van der Waals surface area contributed by atoms with Gasteiger partial charge in [0.25, 0.3) is 0 Å². The zero-order valence-electron chi connectivity index (χ0n) is 15.5. The number of piperidine rings is 1. The van der Waals surface area contributed by atoms with Crippen molar-refractivity contribution >= 4 is 15.9 Å². The molecule has 5 nitrogen and oxygen atoms in total. The molecule has 1 saturated heterocycles. The largest absolute Gasteiger partial charge is 0.416 e. The summed E-state index contributed by atoms with van der Waals surface area (Å²) >= 11 is 0. The van der Waals surface area contributed by atoms with E-state index < -0.39 is 27.7 Å². The highest BCUT2D eigenvalue weighted by Crippen LogP contribution is 2.29. The molecule has 1 fully saturated rings. The summed E-state index contributed by atoms with van der Waals surface area (Å²) in [5.41, 5.74) is -0.445. The molecular weight excluding hydrogens is 405 g/mol. The monoisotopic (exact) mass is 426 g/mol. The molecule has 1 heterocycles. The molecule has 0 bridgehead atoms. The highest BCUT2D eigenvalue weighted by atomic mass is 32.2. The first-order chi connectivity index (χ1) is 13.7. The number of carbonyl (C=O) groups is 1. The highest BCUT2D eigenvalue weighted by molar-refractivity contribution is 7.89. The Morgan fingerprint density at radius 3 is 2.52 bits per heavy atom. The van der Waals surface area contributed by atoms with Crippen molar-refractivity contribution in [2.24, 2.45) is 5.92 Å². The van der Waals surface area contributed by atoms with E-state index >= 15 is 0 Å². The summed E-state index contributed by atoms with van der Waals surface area (Å²) in [5, 5.41) is 2.63. The van der Waals surface area contributed by atoms with Crippen LogP contribution in [0.5, 0.6) is 0 Å². The summed E-state index contributed by atoms with van der Waals surface area (Å²) in [4.78, 5) is 12.7. The summed E-state index contributed by atoms with van der Waals surface area (Å²) in [5.74, 6) is -0.914. The fourth-order valence-corrected chi connectivity index (χ4v) is 4.85. The molecule has 9 heteroatoms. The third kappa shape index (κ3) is 5.16. The summed E-state index contributed by atoms with van der Waals surface area (Å²) in [7, 11) is -3.69. The minimum atomic E-state index is -4.45. The molecule has 0 saturated carbocycles. The number of alkyl halides is 3. The summed E-state index contributed by atoms with van der Waals surface area (Å²) in [6.45, 7) is 0.324. The lowest BCUT2D eigenvalue weighted by Crippen LogP contribution is -2.45. The molecule has 3 rings (SSSR count). The van der Waals surface area contributed by atoms with Crippen LogP contribution in [0.3, 0.4) is 0 Å². The number of hydrogen-bond donors (Lipinski definition) is 1. The van der Waals surface area contributed by atoms with Gasteiger partial charge in [0, 0.05) is 19.6 Å². The standard InChI is InChI=1S/C20H21F3N2O3S/c21-20(22,23)17-8-4-6-15(12-17)13-24-19(26)16-7-5-11-25(14-16)29(27,28)18-9-2-1-3-10-18/h1-4,6,8-10,12,16H,5,7,11,13-14H2,(H,24,26)/t16-/m0/s1. The number of hydrogen-bond acceptors (Lipinski definition) is 3. The van der Waals surface area contributed by atoms with Gasteiger partial charge in [-0.05, 0) is 42.7 Å². The predicted octanol–water partition coefficient (Wildman–Crippen LogP) is 3.42. The molecule has 29 heavy (non-hydrogen) atoms. The van der Waals surface area contributed by atoms with Crippen molar-refractivity contribution in [2.75, 3.05) is 13.1 Å². The van der Waals surface area contributed by atoms with Gasteiger partial charge in [0.15, 0.2) is 0 Å². The second-order valence-corrected chi connectivity index (χ2v) is 8.87. The summed E-state index contributed by atoms with van der Waals surface area (Å²) < 4.78 is 65.2. The second kappa shape index (κ2) is 8.54. The molecule has 0 spiro atoms. The number of carbonyl (C=O) groups excluding carboxylic acids is 1. The maximum absolute atomic E-state index is 12.8. The lowest BCUT2D eigenvalue weighted by molar-refractivity contribution is -0.137. The first-order valence-corrected chi connectivity index (χ1v) is 10.6. The molecule has 1 aliphatic heterocycles. The molecule has 2 aromatic carbocycles. The number of nitrogens with zero attached hydrogens (tertiary/aromatic N) is 1. The van der Waals surface area contributed by atoms with Gasteiger partial charge in [-0.15, -0.1) is 0 Å². The Hall–Kier alpha value is -2.39. The number of benzene rings is 2. The number of amides is 1. The van der Waals surface area contributed by atoms with Gasteiger partial charge in [-0.25, -0.2) is 8.42 Å². The summed E-state index contributed by atoms with van der Waals surface area (Å²) in [6, 6.07) is 12.8. The molecule has 1 amide bonds. The normalized spacial score (nSPS) is 18.4. The van der Waals surface area contributed by atoms with Crippen molar-refractivity contribution in [1.29, 1.82) is 0 Å². The van der Waals surface area contributed by atoms with E-state index in [-0.39, 0.29) is 23.9 Å². The predicted molar refractivity (Wildman–Crippen MR) is 101 cm³/mol. The number of nitrogens with one attached hydrogen (secondary N) is 1. The Morgan fingerprint density at radius 1 is 1.10 bits per heavy atom. The van der Waals surface area contributed by atoms with E-state index in [1.807, 2.05) is 0 Å². The molecule has 1 aliphatic rings. The van der Waals surface area contributed by atoms with Crippen molar-refractivity contribution in [3.63, 3.8) is 0 Å². The van der Waals surface area contributed by atoms with Gasteiger partial charge in [0.05, 0.1) is 16.4 Å². The Bertz CT molecular complexity index is 962. The maximum atomic E-state index is 12.8. The van der Waals surface area contributed by atoms with E-state index in [0.717, 1.165) is 12.1 Å². The molecule has 0 radical (unpaired) electrons. The third-order valence-corrected chi connectivity index (χ3v) is 6.74. The number of sulfonamides is 1. The minimum Gasteiger partial charge on any atom is -0.352 e. The highest BCUT2D eigenvalue weighted by Gasteiger charge is 2.33. The van der Waals surface area contributed by atoms with Crippen LogP contribution in [0.25, 0.3) is 0 Å². The molecule has 0 aliphatic carbocycles. The van der Waals surface area contributed by atoms with Crippen molar-refractivity contribution in [3.8, 4) is 0 Å². The molecule has 156 valence electrons. The van der Waals surface area contributed by atoms with Crippen LogP contribution in [0, 0.1) is 5.92 Å². The smallest absolute Gasteiger partial charge is 0.352 e. The minimum absolute atomic E-state index is 0.0473. The SMILES string of the molecule is O=C(NCc1cccc(C(F)(F)F)c1)[C@H]1CCCN(S(=O)(=O)c2ccccc2)C1. The van der Waals surface area contributed by atoms with Crippen LogP contribution in [-0.2, 0) is 27.5 Å². The average molecular weight is 426 g/mol. The zero-order chi connectivity index (χ0) is 21.1. The topological polar surface area (TPSA) is 66.5 Å². The fourth-order valence-electron chi connectivity index (χ4n) is 3.31. The lowest BCUT2D eigenvalue weighted by atomic mass is 9.98. The Balaban J connectivity index is 1.63. The van der Waals surface area contributed by atoms with Gasteiger partial charge in [-0.2, -0.15) is 17.5 Å². The van der Waals surface area contributed by atoms with Crippen LogP contribution in [0.1, 0.15) is 24.0 Å². The van der Waals surface area contributed by atoms with Crippen molar-refractivity contribution in [2.45, 2.75) is 30.5 Å². The molecule has 1 N–H and O–H groups in total. The van der Waals surface area contributed by atoms with Crippen molar-refractivity contribution < 1.29 is 26.4 Å². The van der Waals surface area contributed by atoms with E-state index in [0.29, 0.717) is 24.9 Å². The Morgan fingerprint density at radius 2 is 1.83 bits per heavy atom. The molecule has 2 aromatic rings. The van der Waals surface area contributed by atoms with Crippen molar-refractivity contribution in [1.82, 2.24) is 9.62 Å². The fraction of sp³-hybridized carbons (Fsp3) is 0.350. The van der Waals surface area contributed by atoms with Crippen LogP contribution in [0.4, 0.5) is 13.2 Å². The van der Waals surface area contributed by atoms with Gasteiger partial charge in [0.1, 0.15) is 0 Å². The van der Waals surface area contributed by atoms with E-state index in [2.05, 4.69) is 5.32 Å². The number of halogens is 3. The van der Waals surface area contributed by atoms with E-state index in [1.165, 1.54) is 28.6 Å². The maximum Gasteiger partial charge on any atom is 0.416 e. The first-order valence-electron chi connectivity index (χ1n) is 9.17. The summed E-state index contributed by atoms with van der Waals surface area (Å²) in [6.07, 6.45) is -3.39. The first kappa shape index (κ1) is 21.3. The second-order valence-electron chi connectivity index (χ2n) is 6.93. The molecule has 0 unspecified atom stereocenters. The van der Waals surface area contributed by atoms with Crippen molar-refractivity contribution in [3.05, 3.63) is 65.7 Å². The Kier molecular flexibility index (Phi) is 6.28. The molecule has 0 aromatic heterocycles. The third-order valence-electron chi connectivity index (χ3n) is 4.86. The zero-order valence-corrected chi connectivity index (χ0v) is 16.3. The average Bonchev–Trinajstić information content (AvgIpc) is 2.72.